The van der Waals surface area contributed by atoms with E-state index in [9.17, 15) is 14.0 Å². The van der Waals surface area contributed by atoms with Gasteiger partial charge in [0.2, 0.25) is 11.8 Å². The monoisotopic (exact) mass is 416 g/mol. The molecule has 4 atom stereocenters. The maximum Gasteiger partial charge on any atom is 0.243 e. The molecular formula is C23H33FN4O2. The number of aryl methyl sites for hydroxylation is 1. The van der Waals surface area contributed by atoms with Gasteiger partial charge in [-0.05, 0) is 51.2 Å². The minimum atomic E-state index is -0.407. The zero-order valence-corrected chi connectivity index (χ0v) is 18.2. The number of carbonyl (C=O) groups is 2. The van der Waals surface area contributed by atoms with E-state index >= 15 is 0 Å². The van der Waals surface area contributed by atoms with Gasteiger partial charge < -0.3 is 15.5 Å². The number of piperazine rings is 1. The average Bonchev–Trinajstić information content (AvgIpc) is 3.18. The van der Waals surface area contributed by atoms with Crippen molar-refractivity contribution < 1.29 is 14.0 Å². The van der Waals surface area contributed by atoms with Crippen LogP contribution in [0, 0.1) is 12.7 Å². The maximum absolute atomic E-state index is 14.1. The molecule has 0 bridgehead atoms. The van der Waals surface area contributed by atoms with E-state index in [0.29, 0.717) is 18.0 Å². The van der Waals surface area contributed by atoms with Crippen LogP contribution in [0.4, 0.5) is 10.1 Å². The van der Waals surface area contributed by atoms with Gasteiger partial charge in [0.15, 0.2) is 0 Å². The fourth-order valence-corrected chi connectivity index (χ4v) is 5.44. The molecule has 1 saturated heterocycles. The van der Waals surface area contributed by atoms with Gasteiger partial charge in [-0.15, -0.1) is 0 Å². The molecule has 7 heteroatoms. The van der Waals surface area contributed by atoms with Crippen molar-refractivity contribution in [3.63, 3.8) is 0 Å². The fraction of sp³-hybridized carbons (Fsp3) is 0.652. The number of anilines is 1. The van der Waals surface area contributed by atoms with Crippen LogP contribution in [0.1, 0.15) is 50.7 Å². The van der Waals surface area contributed by atoms with Crippen molar-refractivity contribution in [3.8, 4) is 0 Å². The smallest absolute Gasteiger partial charge is 0.243 e. The molecule has 0 spiro atoms. The Morgan fingerprint density at radius 2 is 2.03 bits per heavy atom. The molecule has 1 aromatic carbocycles. The molecule has 6 nitrogen and oxygen atoms in total. The van der Waals surface area contributed by atoms with Crippen molar-refractivity contribution in [2.24, 2.45) is 0 Å². The number of rotatable bonds is 3. The average molecular weight is 417 g/mol. The van der Waals surface area contributed by atoms with E-state index in [1.54, 1.807) is 13.0 Å². The first kappa shape index (κ1) is 21.1. The van der Waals surface area contributed by atoms with Gasteiger partial charge in [-0.1, -0.05) is 6.07 Å². The second-order valence-corrected chi connectivity index (χ2v) is 9.20. The van der Waals surface area contributed by atoms with Crippen molar-refractivity contribution in [1.29, 1.82) is 0 Å². The quantitative estimate of drug-likeness (QED) is 0.795. The number of halogens is 1. The molecule has 2 heterocycles. The zero-order valence-electron chi connectivity index (χ0n) is 18.2. The standard InChI is InChI=1S/C23H33FN4O2/c1-14-7-8-20(24)19-12-21(26-22(14)19)23(30)25-17-5-4-6-18(11-17)27-9-10-28(16(3)29)15(2)13-27/h7-8,15,17-18,21,26H,4-6,9-13H2,1-3H3,(H,25,30)/t15?,17-,18+,21?/m1/s1. The van der Waals surface area contributed by atoms with Crippen molar-refractivity contribution >= 4 is 17.5 Å². The number of nitrogens with zero attached hydrogens (tertiary/aromatic N) is 2. The molecule has 0 aromatic heterocycles. The van der Waals surface area contributed by atoms with Crippen LogP contribution in [0.25, 0.3) is 0 Å². The van der Waals surface area contributed by atoms with Crippen molar-refractivity contribution in [2.45, 2.75) is 77.0 Å². The molecule has 164 valence electrons. The molecule has 2 fully saturated rings. The normalized spacial score (nSPS) is 29.3. The van der Waals surface area contributed by atoms with E-state index in [0.717, 1.165) is 56.6 Å². The predicted molar refractivity (Wildman–Crippen MR) is 115 cm³/mol. The number of hydrogen-bond donors (Lipinski definition) is 2. The Kier molecular flexibility index (Phi) is 6.00. The van der Waals surface area contributed by atoms with Crippen LogP contribution in [-0.2, 0) is 16.0 Å². The summed E-state index contributed by atoms with van der Waals surface area (Å²) < 4.78 is 14.1. The summed E-state index contributed by atoms with van der Waals surface area (Å²) in [4.78, 5) is 29.1. The lowest BCUT2D eigenvalue weighted by molar-refractivity contribution is -0.134. The summed E-state index contributed by atoms with van der Waals surface area (Å²) in [6.45, 7) is 8.25. The number of benzene rings is 1. The van der Waals surface area contributed by atoms with E-state index in [4.69, 9.17) is 0 Å². The molecule has 0 radical (unpaired) electrons. The third-order valence-electron chi connectivity index (χ3n) is 7.08. The zero-order chi connectivity index (χ0) is 21.4. The lowest BCUT2D eigenvalue weighted by Gasteiger charge is -2.45. The maximum atomic E-state index is 14.1. The lowest BCUT2D eigenvalue weighted by Crippen LogP contribution is -2.58. The number of amides is 2. The fourth-order valence-electron chi connectivity index (χ4n) is 5.44. The third kappa shape index (κ3) is 4.17. The number of hydrogen-bond acceptors (Lipinski definition) is 4. The van der Waals surface area contributed by atoms with Crippen LogP contribution in [0.15, 0.2) is 12.1 Å². The van der Waals surface area contributed by atoms with Crippen LogP contribution in [-0.4, -0.2) is 65.4 Å². The molecular weight excluding hydrogens is 383 g/mol. The highest BCUT2D eigenvalue weighted by atomic mass is 19.1. The Bertz CT molecular complexity index is 799. The van der Waals surface area contributed by atoms with Crippen molar-refractivity contribution in [3.05, 3.63) is 29.1 Å². The highest BCUT2D eigenvalue weighted by molar-refractivity contribution is 5.88. The van der Waals surface area contributed by atoms with E-state index in [1.807, 2.05) is 11.8 Å². The largest absolute Gasteiger partial charge is 0.373 e. The minimum Gasteiger partial charge on any atom is -0.373 e. The summed E-state index contributed by atoms with van der Waals surface area (Å²) in [5.41, 5.74) is 2.36. The van der Waals surface area contributed by atoms with Gasteiger partial charge >= 0.3 is 0 Å². The summed E-state index contributed by atoms with van der Waals surface area (Å²) in [5, 5.41) is 6.46. The summed E-state index contributed by atoms with van der Waals surface area (Å²) in [7, 11) is 0. The SMILES string of the molecule is CC(=O)N1CCN([C@H]2CCC[C@@H](NC(=O)C3Cc4c(F)ccc(C)c4N3)C2)CC1C. The van der Waals surface area contributed by atoms with Crippen LogP contribution in [0.5, 0.6) is 0 Å². The van der Waals surface area contributed by atoms with Crippen LogP contribution in [0.3, 0.4) is 0 Å². The second-order valence-electron chi connectivity index (χ2n) is 9.20. The van der Waals surface area contributed by atoms with E-state index < -0.39 is 6.04 Å². The summed E-state index contributed by atoms with van der Waals surface area (Å²) >= 11 is 0. The van der Waals surface area contributed by atoms with Gasteiger partial charge in [-0.3, -0.25) is 14.5 Å². The predicted octanol–water partition coefficient (Wildman–Crippen LogP) is 2.45. The Morgan fingerprint density at radius 1 is 1.23 bits per heavy atom. The second kappa shape index (κ2) is 8.53. The Hall–Kier alpha value is -2.15. The van der Waals surface area contributed by atoms with Crippen LogP contribution >= 0.6 is 0 Å². The first-order valence-electron chi connectivity index (χ1n) is 11.2. The first-order chi connectivity index (χ1) is 14.3. The van der Waals surface area contributed by atoms with Gasteiger partial charge in [-0.2, -0.15) is 0 Å². The molecule has 2 unspecified atom stereocenters. The topological polar surface area (TPSA) is 64.7 Å². The Labute approximate surface area is 178 Å². The summed E-state index contributed by atoms with van der Waals surface area (Å²) in [6, 6.07) is 3.64. The molecule has 2 amide bonds. The number of carbonyl (C=O) groups excluding carboxylic acids is 2. The molecule has 4 rings (SSSR count). The molecule has 2 aliphatic heterocycles. The van der Waals surface area contributed by atoms with E-state index in [2.05, 4.69) is 22.5 Å². The molecule has 1 aliphatic carbocycles. The van der Waals surface area contributed by atoms with Crippen LogP contribution < -0.4 is 10.6 Å². The van der Waals surface area contributed by atoms with Gasteiger partial charge in [0, 0.05) is 62.4 Å². The van der Waals surface area contributed by atoms with Crippen molar-refractivity contribution in [1.82, 2.24) is 15.1 Å². The molecule has 2 N–H and O–H groups in total. The van der Waals surface area contributed by atoms with Gasteiger partial charge in [0.1, 0.15) is 11.9 Å². The van der Waals surface area contributed by atoms with E-state index in [-0.39, 0.29) is 29.7 Å². The lowest BCUT2D eigenvalue weighted by atomic mass is 9.89. The Balaban J connectivity index is 1.33. The Morgan fingerprint density at radius 3 is 2.73 bits per heavy atom. The third-order valence-corrected chi connectivity index (χ3v) is 7.08. The highest BCUT2D eigenvalue weighted by Crippen LogP contribution is 2.32. The molecule has 1 saturated carbocycles. The first-order valence-corrected chi connectivity index (χ1v) is 11.2. The molecule has 30 heavy (non-hydrogen) atoms. The number of nitrogens with one attached hydrogen (secondary N) is 2. The summed E-state index contributed by atoms with van der Waals surface area (Å²) in [6.07, 6.45) is 4.54. The van der Waals surface area contributed by atoms with Crippen molar-refractivity contribution in [2.75, 3.05) is 25.0 Å². The van der Waals surface area contributed by atoms with Gasteiger partial charge in [-0.25, -0.2) is 4.39 Å². The van der Waals surface area contributed by atoms with E-state index in [1.165, 1.54) is 6.07 Å². The molecule has 3 aliphatic rings. The highest BCUT2D eigenvalue weighted by Gasteiger charge is 2.35. The minimum absolute atomic E-state index is 0.0367. The number of fused-ring (bicyclic) bond motifs is 1. The van der Waals surface area contributed by atoms with Gasteiger partial charge in [0.05, 0.1) is 0 Å². The summed E-state index contributed by atoms with van der Waals surface area (Å²) in [5.74, 6) is -0.131. The van der Waals surface area contributed by atoms with Gasteiger partial charge in [0.25, 0.3) is 0 Å². The van der Waals surface area contributed by atoms with Crippen LogP contribution in [0.2, 0.25) is 0 Å². The molecule has 1 aromatic rings.